The van der Waals surface area contributed by atoms with Gasteiger partial charge in [-0.1, -0.05) is 22.0 Å². The largest absolute Gasteiger partial charge is 0.493 e. The Kier molecular flexibility index (Phi) is 6.75. The van der Waals surface area contributed by atoms with Crippen LogP contribution in [0.5, 0.6) is 5.75 Å². The number of rotatable bonds is 7. The van der Waals surface area contributed by atoms with Gasteiger partial charge in [0.05, 0.1) is 19.6 Å². The highest BCUT2D eigenvalue weighted by Gasteiger charge is 2.06. The monoisotopic (exact) mass is 315 g/mol. The lowest BCUT2D eigenvalue weighted by Gasteiger charge is -2.13. The molecule has 0 bridgehead atoms. The molecule has 1 rings (SSSR count). The van der Waals surface area contributed by atoms with Gasteiger partial charge in [-0.05, 0) is 25.1 Å². The van der Waals surface area contributed by atoms with E-state index < -0.39 is 0 Å². The Balaban J connectivity index is 2.23. The van der Waals surface area contributed by atoms with Gasteiger partial charge < -0.3 is 14.8 Å². The molecule has 0 heterocycles. The summed E-state index contributed by atoms with van der Waals surface area (Å²) in [4.78, 5) is 11.5. The van der Waals surface area contributed by atoms with Crippen molar-refractivity contribution in [3.05, 3.63) is 28.7 Å². The zero-order valence-corrected chi connectivity index (χ0v) is 12.2. The van der Waals surface area contributed by atoms with Gasteiger partial charge in [0.15, 0.2) is 0 Å². The van der Waals surface area contributed by atoms with E-state index in [0.717, 1.165) is 10.2 Å². The molecule has 4 nitrogen and oxygen atoms in total. The number of halogens is 1. The van der Waals surface area contributed by atoms with E-state index in [9.17, 15) is 4.79 Å². The molecular formula is C13H18BrNO3. The molecule has 0 saturated heterocycles. The summed E-state index contributed by atoms with van der Waals surface area (Å²) >= 11 is 3.36. The highest BCUT2D eigenvalue weighted by Crippen LogP contribution is 2.17. The van der Waals surface area contributed by atoms with Crippen LogP contribution >= 0.6 is 15.9 Å². The molecule has 1 unspecified atom stereocenters. The third kappa shape index (κ3) is 6.02. The fourth-order valence-corrected chi connectivity index (χ4v) is 1.84. The predicted octanol–water partition coefficient (Wildman–Crippen LogP) is 2.37. The Labute approximate surface area is 116 Å². The molecule has 0 aliphatic heterocycles. The molecule has 0 aliphatic carbocycles. The maximum absolute atomic E-state index is 11.5. The maximum atomic E-state index is 11.5. The second-order valence-corrected chi connectivity index (χ2v) is 4.90. The van der Waals surface area contributed by atoms with Crippen molar-refractivity contribution in [1.29, 1.82) is 0 Å². The third-order valence-electron chi connectivity index (χ3n) is 2.22. The van der Waals surface area contributed by atoms with Crippen LogP contribution in [0, 0.1) is 0 Å². The topological polar surface area (TPSA) is 47.6 Å². The summed E-state index contributed by atoms with van der Waals surface area (Å²) in [6, 6.07) is 7.56. The molecule has 0 aliphatic rings. The van der Waals surface area contributed by atoms with Crippen LogP contribution in [0.4, 0.5) is 0 Å². The van der Waals surface area contributed by atoms with Crippen molar-refractivity contribution in [1.82, 2.24) is 5.32 Å². The van der Waals surface area contributed by atoms with Crippen LogP contribution in [-0.4, -0.2) is 32.3 Å². The van der Waals surface area contributed by atoms with Crippen molar-refractivity contribution in [2.24, 2.45) is 0 Å². The zero-order chi connectivity index (χ0) is 13.4. The smallest absolute Gasteiger partial charge is 0.223 e. The minimum Gasteiger partial charge on any atom is -0.493 e. The van der Waals surface area contributed by atoms with Gasteiger partial charge in [0.25, 0.3) is 0 Å². The van der Waals surface area contributed by atoms with E-state index >= 15 is 0 Å². The number of amides is 1. The lowest BCUT2D eigenvalue weighted by Crippen LogP contribution is -2.36. The van der Waals surface area contributed by atoms with Gasteiger partial charge >= 0.3 is 0 Å². The highest BCUT2D eigenvalue weighted by molar-refractivity contribution is 9.10. The molecular weight excluding hydrogens is 298 g/mol. The summed E-state index contributed by atoms with van der Waals surface area (Å²) in [6.07, 6.45) is 0.334. The molecule has 1 atom stereocenters. The summed E-state index contributed by atoms with van der Waals surface area (Å²) in [6.45, 7) is 2.77. The van der Waals surface area contributed by atoms with Gasteiger partial charge in [-0.3, -0.25) is 4.79 Å². The van der Waals surface area contributed by atoms with E-state index in [1.54, 1.807) is 7.11 Å². The number of hydrogen-bond acceptors (Lipinski definition) is 3. The van der Waals surface area contributed by atoms with Crippen molar-refractivity contribution < 1.29 is 14.3 Å². The van der Waals surface area contributed by atoms with Crippen LogP contribution < -0.4 is 10.1 Å². The normalized spacial score (nSPS) is 11.9. The van der Waals surface area contributed by atoms with Crippen molar-refractivity contribution >= 4 is 21.8 Å². The zero-order valence-electron chi connectivity index (χ0n) is 10.6. The Bertz CT molecular complexity index is 384. The average molecular weight is 316 g/mol. The molecule has 18 heavy (non-hydrogen) atoms. The molecule has 0 saturated carbocycles. The van der Waals surface area contributed by atoms with Gasteiger partial charge in [-0.15, -0.1) is 0 Å². The standard InChI is InChI=1S/C13H18BrNO3/c1-10(9-17-2)15-13(16)6-7-18-12-5-3-4-11(14)8-12/h3-5,8,10H,6-7,9H2,1-2H3,(H,15,16). The summed E-state index contributed by atoms with van der Waals surface area (Å²) in [7, 11) is 1.61. The molecule has 0 radical (unpaired) electrons. The fraction of sp³-hybridized carbons (Fsp3) is 0.462. The first kappa shape index (κ1) is 15.0. The minimum absolute atomic E-state index is 0.0216. The van der Waals surface area contributed by atoms with Gasteiger partial charge in [0.2, 0.25) is 5.91 Å². The quantitative estimate of drug-likeness (QED) is 0.840. The molecule has 1 aromatic rings. The van der Waals surface area contributed by atoms with Gasteiger partial charge in [0.1, 0.15) is 5.75 Å². The molecule has 0 aromatic heterocycles. The van der Waals surface area contributed by atoms with Crippen LogP contribution in [0.3, 0.4) is 0 Å². The lowest BCUT2D eigenvalue weighted by molar-refractivity contribution is -0.122. The first-order valence-electron chi connectivity index (χ1n) is 5.78. The summed E-state index contributed by atoms with van der Waals surface area (Å²) in [5.41, 5.74) is 0. The Morgan fingerprint density at radius 3 is 2.94 bits per heavy atom. The predicted molar refractivity (Wildman–Crippen MR) is 73.7 cm³/mol. The Hall–Kier alpha value is -1.07. The maximum Gasteiger partial charge on any atom is 0.223 e. The van der Waals surface area contributed by atoms with E-state index in [2.05, 4.69) is 21.2 Å². The number of nitrogens with one attached hydrogen (secondary N) is 1. The van der Waals surface area contributed by atoms with E-state index in [1.165, 1.54) is 0 Å². The Morgan fingerprint density at radius 1 is 1.50 bits per heavy atom. The molecule has 5 heteroatoms. The number of methoxy groups -OCH3 is 1. The molecule has 0 fully saturated rings. The highest BCUT2D eigenvalue weighted by atomic mass is 79.9. The minimum atomic E-state index is -0.0328. The average Bonchev–Trinajstić information content (AvgIpc) is 2.29. The van der Waals surface area contributed by atoms with Gasteiger partial charge in [-0.25, -0.2) is 0 Å². The van der Waals surface area contributed by atoms with E-state index in [-0.39, 0.29) is 11.9 Å². The summed E-state index contributed by atoms with van der Waals surface area (Å²) in [5.74, 6) is 0.719. The summed E-state index contributed by atoms with van der Waals surface area (Å²) < 4.78 is 11.4. The van der Waals surface area contributed by atoms with Crippen LogP contribution in [0.2, 0.25) is 0 Å². The van der Waals surface area contributed by atoms with Crippen LogP contribution in [-0.2, 0) is 9.53 Å². The van der Waals surface area contributed by atoms with E-state index in [4.69, 9.17) is 9.47 Å². The van der Waals surface area contributed by atoms with Crippen molar-refractivity contribution in [2.75, 3.05) is 20.3 Å². The SMILES string of the molecule is COCC(C)NC(=O)CCOc1cccc(Br)c1. The first-order chi connectivity index (χ1) is 8.61. The number of ether oxygens (including phenoxy) is 2. The molecule has 1 N–H and O–H groups in total. The second-order valence-electron chi connectivity index (χ2n) is 3.98. The van der Waals surface area contributed by atoms with E-state index in [0.29, 0.717) is 19.6 Å². The van der Waals surface area contributed by atoms with Gasteiger partial charge in [0, 0.05) is 17.6 Å². The van der Waals surface area contributed by atoms with Crippen molar-refractivity contribution in [3.63, 3.8) is 0 Å². The first-order valence-corrected chi connectivity index (χ1v) is 6.58. The lowest BCUT2D eigenvalue weighted by atomic mass is 10.3. The number of carbonyl (C=O) groups is 1. The van der Waals surface area contributed by atoms with Crippen molar-refractivity contribution in [2.45, 2.75) is 19.4 Å². The third-order valence-corrected chi connectivity index (χ3v) is 2.71. The van der Waals surface area contributed by atoms with Crippen LogP contribution in [0.1, 0.15) is 13.3 Å². The number of hydrogen-bond donors (Lipinski definition) is 1. The van der Waals surface area contributed by atoms with Crippen LogP contribution in [0.25, 0.3) is 0 Å². The number of benzene rings is 1. The van der Waals surface area contributed by atoms with E-state index in [1.807, 2.05) is 31.2 Å². The molecule has 1 aromatic carbocycles. The molecule has 1 amide bonds. The van der Waals surface area contributed by atoms with Gasteiger partial charge in [-0.2, -0.15) is 0 Å². The second kappa shape index (κ2) is 8.11. The number of carbonyl (C=O) groups excluding carboxylic acids is 1. The molecule has 100 valence electrons. The fourth-order valence-electron chi connectivity index (χ4n) is 1.46. The molecule has 0 spiro atoms. The van der Waals surface area contributed by atoms with Crippen molar-refractivity contribution in [3.8, 4) is 5.75 Å². The van der Waals surface area contributed by atoms with Crippen LogP contribution in [0.15, 0.2) is 28.7 Å². The Morgan fingerprint density at radius 2 is 2.28 bits per heavy atom. The summed E-state index contributed by atoms with van der Waals surface area (Å²) in [5, 5.41) is 2.83.